The van der Waals surface area contributed by atoms with Crippen molar-refractivity contribution >= 4 is 0 Å². The van der Waals surface area contributed by atoms with E-state index in [2.05, 4.69) is 0 Å². The van der Waals surface area contributed by atoms with Crippen LogP contribution in [-0.2, 0) is 12.6 Å². The summed E-state index contributed by atoms with van der Waals surface area (Å²) < 4.78 is 2.00. The zero-order valence-electron chi connectivity index (χ0n) is 6.76. The van der Waals surface area contributed by atoms with Crippen LogP contribution in [0.1, 0.15) is 19.4 Å². The monoisotopic (exact) mass is 138 g/mol. The van der Waals surface area contributed by atoms with Gasteiger partial charge in [0.25, 0.3) is 0 Å². The van der Waals surface area contributed by atoms with Crippen molar-refractivity contribution in [1.82, 2.24) is 4.57 Å². The van der Waals surface area contributed by atoms with E-state index in [4.69, 9.17) is 5.73 Å². The molecule has 0 aromatic carbocycles. The van der Waals surface area contributed by atoms with E-state index in [1.165, 1.54) is 5.56 Å². The Morgan fingerprint density at radius 1 is 1.50 bits per heavy atom. The van der Waals surface area contributed by atoms with Gasteiger partial charge in [-0.2, -0.15) is 0 Å². The van der Waals surface area contributed by atoms with Crippen molar-refractivity contribution in [3.8, 4) is 0 Å². The van der Waals surface area contributed by atoms with Crippen LogP contribution < -0.4 is 5.73 Å². The van der Waals surface area contributed by atoms with Crippen LogP contribution in [0.5, 0.6) is 0 Å². The third kappa shape index (κ3) is 1.39. The van der Waals surface area contributed by atoms with Crippen LogP contribution in [0.25, 0.3) is 0 Å². The molecule has 0 saturated heterocycles. The number of aryl methyl sites for hydroxylation is 1. The lowest BCUT2D eigenvalue weighted by molar-refractivity contribution is 0.553. The van der Waals surface area contributed by atoms with Crippen molar-refractivity contribution in [2.24, 2.45) is 12.8 Å². The largest absolute Gasteiger partial charge is 0.357 e. The molecule has 2 heteroatoms. The molecule has 1 rings (SSSR count). The zero-order chi connectivity index (χ0) is 7.78. The third-order valence-corrected chi connectivity index (χ3v) is 1.58. The summed E-state index contributed by atoms with van der Waals surface area (Å²) in [6.07, 6.45) is 4.05. The maximum atomic E-state index is 5.86. The molecule has 1 aromatic rings. The SMILES string of the molecule is Cn1ccc(C(C)(C)N)c1. The smallest absolute Gasteiger partial charge is 0.0367 e. The summed E-state index contributed by atoms with van der Waals surface area (Å²) in [4.78, 5) is 0. The summed E-state index contributed by atoms with van der Waals surface area (Å²) in [5, 5.41) is 0. The maximum Gasteiger partial charge on any atom is 0.0367 e. The Labute approximate surface area is 61.7 Å². The first-order valence-electron chi connectivity index (χ1n) is 3.41. The molecular formula is C8H14N2. The van der Waals surface area contributed by atoms with Gasteiger partial charge in [-0.15, -0.1) is 0 Å². The molecule has 2 nitrogen and oxygen atoms in total. The molecule has 0 amide bonds. The highest BCUT2D eigenvalue weighted by Crippen LogP contribution is 2.15. The van der Waals surface area contributed by atoms with Crippen molar-refractivity contribution in [1.29, 1.82) is 0 Å². The van der Waals surface area contributed by atoms with E-state index < -0.39 is 0 Å². The van der Waals surface area contributed by atoms with Gasteiger partial charge in [0.05, 0.1) is 0 Å². The van der Waals surface area contributed by atoms with Crippen LogP contribution in [0.3, 0.4) is 0 Å². The van der Waals surface area contributed by atoms with Crippen molar-refractivity contribution in [2.45, 2.75) is 19.4 Å². The predicted octanol–water partition coefficient (Wildman–Crippen LogP) is 1.22. The normalized spacial score (nSPS) is 12.0. The molecule has 1 aromatic heterocycles. The Morgan fingerprint density at radius 3 is 2.30 bits per heavy atom. The quantitative estimate of drug-likeness (QED) is 0.621. The molecule has 0 aliphatic heterocycles. The first kappa shape index (κ1) is 7.35. The fourth-order valence-electron chi connectivity index (χ4n) is 0.884. The molecule has 0 atom stereocenters. The Kier molecular flexibility index (Phi) is 1.57. The summed E-state index contributed by atoms with van der Waals surface area (Å²) in [6, 6.07) is 2.04. The summed E-state index contributed by atoms with van der Waals surface area (Å²) >= 11 is 0. The summed E-state index contributed by atoms with van der Waals surface area (Å²) in [5.74, 6) is 0. The lowest BCUT2D eigenvalue weighted by atomic mass is 9.99. The first-order valence-corrected chi connectivity index (χ1v) is 3.41. The molecule has 0 fully saturated rings. The number of nitrogens with zero attached hydrogens (tertiary/aromatic N) is 1. The molecule has 56 valence electrons. The fourth-order valence-corrected chi connectivity index (χ4v) is 0.884. The average molecular weight is 138 g/mol. The number of hydrogen-bond acceptors (Lipinski definition) is 1. The molecule has 0 aliphatic rings. The van der Waals surface area contributed by atoms with Crippen LogP contribution in [-0.4, -0.2) is 4.57 Å². The Balaban J connectivity index is 2.96. The molecule has 0 aliphatic carbocycles. The topological polar surface area (TPSA) is 30.9 Å². The summed E-state index contributed by atoms with van der Waals surface area (Å²) in [6.45, 7) is 4.00. The van der Waals surface area contributed by atoms with Crippen molar-refractivity contribution in [3.05, 3.63) is 24.0 Å². The average Bonchev–Trinajstić information content (AvgIpc) is 2.11. The van der Waals surface area contributed by atoms with Crippen molar-refractivity contribution in [2.75, 3.05) is 0 Å². The summed E-state index contributed by atoms with van der Waals surface area (Å²) in [5.41, 5.74) is 6.83. The second kappa shape index (κ2) is 2.13. The maximum absolute atomic E-state index is 5.86. The van der Waals surface area contributed by atoms with Crippen LogP contribution in [0.15, 0.2) is 18.5 Å². The molecule has 1 heterocycles. The van der Waals surface area contributed by atoms with E-state index >= 15 is 0 Å². The standard InChI is InChI=1S/C8H14N2/c1-8(2,9)7-4-5-10(3)6-7/h4-6H,9H2,1-3H3. The lowest BCUT2D eigenvalue weighted by Gasteiger charge is -2.15. The molecule has 10 heavy (non-hydrogen) atoms. The van der Waals surface area contributed by atoms with Gasteiger partial charge in [-0.05, 0) is 25.5 Å². The zero-order valence-corrected chi connectivity index (χ0v) is 6.76. The molecule has 2 N–H and O–H groups in total. The molecule has 0 spiro atoms. The van der Waals surface area contributed by atoms with Crippen LogP contribution in [0, 0.1) is 0 Å². The minimum absolute atomic E-state index is 0.207. The number of nitrogens with two attached hydrogens (primary N) is 1. The Bertz CT molecular complexity index is 217. The van der Waals surface area contributed by atoms with E-state index in [9.17, 15) is 0 Å². The van der Waals surface area contributed by atoms with E-state index in [-0.39, 0.29) is 5.54 Å². The van der Waals surface area contributed by atoms with Gasteiger partial charge in [-0.25, -0.2) is 0 Å². The van der Waals surface area contributed by atoms with Gasteiger partial charge in [0.15, 0.2) is 0 Å². The predicted molar refractivity (Wildman–Crippen MR) is 42.6 cm³/mol. The van der Waals surface area contributed by atoms with Crippen LogP contribution in [0.4, 0.5) is 0 Å². The third-order valence-electron chi connectivity index (χ3n) is 1.58. The van der Waals surface area contributed by atoms with Gasteiger partial charge in [-0.3, -0.25) is 0 Å². The van der Waals surface area contributed by atoms with Gasteiger partial charge in [0.2, 0.25) is 0 Å². The highest BCUT2D eigenvalue weighted by molar-refractivity contribution is 5.18. The minimum Gasteiger partial charge on any atom is -0.357 e. The second-order valence-electron chi connectivity index (χ2n) is 3.29. The van der Waals surface area contributed by atoms with Gasteiger partial charge >= 0.3 is 0 Å². The fraction of sp³-hybridized carbons (Fsp3) is 0.500. The molecule has 0 bridgehead atoms. The molecule has 0 saturated carbocycles. The van der Waals surface area contributed by atoms with E-state index in [0.717, 1.165) is 0 Å². The Hall–Kier alpha value is -0.760. The second-order valence-corrected chi connectivity index (χ2v) is 3.29. The van der Waals surface area contributed by atoms with Gasteiger partial charge in [0, 0.05) is 25.0 Å². The minimum atomic E-state index is -0.207. The molecule has 0 unspecified atom stereocenters. The number of rotatable bonds is 1. The highest BCUT2D eigenvalue weighted by atomic mass is 14.9. The van der Waals surface area contributed by atoms with Crippen LogP contribution in [0.2, 0.25) is 0 Å². The van der Waals surface area contributed by atoms with Gasteiger partial charge in [-0.1, -0.05) is 0 Å². The lowest BCUT2D eigenvalue weighted by Crippen LogP contribution is -2.27. The van der Waals surface area contributed by atoms with Crippen molar-refractivity contribution < 1.29 is 0 Å². The number of hydrogen-bond donors (Lipinski definition) is 1. The molecular weight excluding hydrogens is 124 g/mol. The van der Waals surface area contributed by atoms with E-state index in [1.807, 2.05) is 43.9 Å². The first-order chi connectivity index (χ1) is 4.50. The van der Waals surface area contributed by atoms with E-state index in [0.29, 0.717) is 0 Å². The summed E-state index contributed by atoms with van der Waals surface area (Å²) in [7, 11) is 2.00. The van der Waals surface area contributed by atoms with E-state index in [1.54, 1.807) is 0 Å². The number of aromatic nitrogens is 1. The van der Waals surface area contributed by atoms with Gasteiger partial charge in [0.1, 0.15) is 0 Å². The van der Waals surface area contributed by atoms with Crippen molar-refractivity contribution in [3.63, 3.8) is 0 Å². The molecule has 0 radical (unpaired) electrons. The highest BCUT2D eigenvalue weighted by Gasteiger charge is 2.13. The Morgan fingerprint density at radius 2 is 2.10 bits per heavy atom. The van der Waals surface area contributed by atoms with Crippen LogP contribution >= 0.6 is 0 Å². The van der Waals surface area contributed by atoms with Gasteiger partial charge < -0.3 is 10.3 Å².